The number of phenols is 1. The van der Waals surface area contributed by atoms with Gasteiger partial charge < -0.3 is 20.1 Å². The molecule has 1 heterocycles. The average molecular weight is 389 g/mol. The number of rotatable bonds is 5. The lowest BCUT2D eigenvalue weighted by molar-refractivity contribution is -0.134. The Bertz CT molecular complexity index is 802. The van der Waals surface area contributed by atoms with Crippen LogP contribution in [0.25, 0.3) is 0 Å². The van der Waals surface area contributed by atoms with Crippen LogP contribution >= 0.6 is 11.6 Å². The van der Waals surface area contributed by atoms with Gasteiger partial charge in [-0.25, -0.2) is 0 Å². The number of likely N-dealkylation sites (tertiary alicyclic amines) is 1. The van der Waals surface area contributed by atoms with Crippen LogP contribution in [0.2, 0.25) is 5.02 Å². The zero-order valence-electron chi connectivity index (χ0n) is 14.7. The van der Waals surface area contributed by atoms with Crippen molar-refractivity contribution in [3.05, 3.63) is 59.1 Å². The summed E-state index contributed by atoms with van der Waals surface area (Å²) in [6.07, 6.45) is 1.32. The highest BCUT2D eigenvalue weighted by Crippen LogP contribution is 2.18. The van der Waals surface area contributed by atoms with Crippen molar-refractivity contribution in [3.63, 3.8) is 0 Å². The second-order valence-corrected chi connectivity index (χ2v) is 6.82. The summed E-state index contributed by atoms with van der Waals surface area (Å²) in [6, 6.07) is 13.3. The van der Waals surface area contributed by atoms with Gasteiger partial charge in [-0.1, -0.05) is 23.7 Å². The third-order valence-electron chi connectivity index (χ3n) is 4.51. The number of aromatic hydroxyl groups is 1. The van der Waals surface area contributed by atoms with Gasteiger partial charge in [-0.2, -0.15) is 0 Å². The number of phenolic OH excluding ortho intramolecular Hbond substituents is 1. The predicted molar refractivity (Wildman–Crippen MR) is 102 cm³/mol. The highest BCUT2D eigenvalue weighted by atomic mass is 35.5. The molecule has 2 aromatic rings. The van der Waals surface area contributed by atoms with E-state index in [2.05, 4.69) is 5.32 Å². The highest BCUT2D eigenvalue weighted by molar-refractivity contribution is 6.30. The molecule has 0 spiro atoms. The molecular formula is C20H21ClN2O4. The maximum absolute atomic E-state index is 12.3. The van der Waals surface area contributed by atoms with Crippen LogP contribution in [0.15, 0.2) is 48.5 Å². The molecule has 3 rings (SSSR count). The molecule has 142 valence electrons. The Morgan fingerprint density at radius 1 is 1.11 bits per heavy atom. The lowest BCUT2D eigenvalue weighted by Crippen LogP contribution is -2.47. The molecule has 2 amide bonds. The average Bonchev–Trinajstić information content (AvgIpc) is 2.68. The predicted octanol–water partition coefficient (Wildman–Crippen LogP) is 2.85. The fourth-order valence-electron chi connectivity index (χ4n) is 2.97. The summed E-state index contributed by atoms with van der Waals surface area (Å²) in [5.41, 5.74) is 0.257. The smallest absolute Gasteiger partial charge is 0.260 e. The van der Waals surface area contributed by atoms with E-state index in [0.717, 1.165) is 0 Å². The van der Waals surface area contributed by atoms with Crippen LogP contribution in [-0.4, -0.2) is 47.6 Å². The Kier molecular flexibility index (Phi) is 6.19. The molecule has 0 atom stereocenters. The van der Waals surface area contributed by atoms with Crippen LogP contribution in [0.1, 0.15) is 23.2 Å². The van der Waals surface area contributed by atoms with Crippen molar-refractivity contribution >= 4 is 23.4 Å². The fraction of sp³-hybridized carbons (Fsp3) is 0.300. The van der Waals surface area contributed by atoms with Crippen LogP contribution in [0.4, 0.5) is 0 Å². The first-order valence-corrected chi connectivity index (χ1v) is 9.16. The van der Waals surface area contributed by atoms with Gasteiger partial charge in [0, 0.05) is 24.2 Å². The molecule has 7 heteroatoms. The Morgan fingerprint density at radius 2 is 1.78 bits per heavy atom. The standard InChI is InChI=1S/C20H21ClN2O4/c21-14-5-7-16(8-6-14)27-13-19(25)23-11-9-15(10-12-23)22-20(26)17-3-1-2-4-18(17)24/h1-8,15,24H,9-13H2,(H,22,26). The summed E-state index contributed by atoms with van der Waals surface area (Å²) < 4.78 is 5.49. The number of piperidine rings is 1. The fourth-order valence-corrected chi connectivity index (χ4v) is 3.10. The van der Waals surface area contributed by atoms with Crippen LogP contribution < -0.4 is 10.1 Å². The van der Waals surface area contributed by atoms with E-state index in [1.54, 1.807) is 47.4 Å². The van der Waals surface area contributed by atoms with Crippen molar-refractivity contribution in [1.82, 2.24) is 10.2 Å². The Labute approximate surface area is 162 Å². The van der Waals surface area contributed by atoms with Crippen LogP contribution in [-0.2, 0) is 4.79 Å². The highest BCUT2D eigenvalue weighted by Gasteiger charge is 2.25. The summed E-state index contributed by atoms with van der Waals surface area (Å²) in [7, 11) is 0. The number of amides is 2. The molecule has 1 saturated heterocycles. The van der Waals surface area contributed by atoms with Crippen LogP contribution in [0.5, 0.6) is 11.5 Å². The molecule has 1 aliphatic heterocycles. The zero-order chi connectivity index (χ0) is 19.2. The van der Waals surface area contributed by atoms with Crippen molar-refractivity contribution in [2.24, 2.45) is 0 Å². The maximum atomic E-state index is 12.3. The monoisotopic (exact) mass is 388 g/mol. The van der Waals surface area contributed by atoms with E-state index in [0.29, 0.717) is 36.7 Å². The summed E-state index contributed by atoms with van der Waals surface area (Å²) in [6.45, 7) is 1.07. The van der Waals surface area contributed by atoms with E-state index in [1.165, 1.54) is 6.07 Å². The second kappa shape index (κ2) is 8.77. The summed E-state index contributed by atoms with van der Waals surface area (Å²) in [5, 5.41) is 13.3. The third kappa shape index (κ3) is 5.14. The van der Waals surface area contributed by atoms with E-state index in [-0.39, 0.29) is 35.8 Å². The first kappa shape index (κ1) is 19.0. The molecule has 0 aliphatic carbocycles. The molecule has 0 unspecified atom stereocenters. The maximum Gasteiger partial charge on any atom is 0.260 e. The number of hydrogen-bond acceptors (Lipinski definition) is 4. The van der Waals surface area contributed by atoms with E-state index in [4.69, 9.17) is 16.3 Å². The SMILES string of the molecule is O=C(NC1CCN(C(=O)COc2ccc(Cl)cc2)CC1)c1ccccc1O. The first-order chi connectivity index (χ1) is 13.0. The topological polar surface area (TPSA) is 78.9 Å². The van der Waals surface area contributed by atoms with Gasteiger partial charge in [0.2, 0.25) is 0 Å². The number of carbonyl (C=O) groups is 2. The van der Waals surface area contributed by atoms with Crippen molar-refractivity contribution in [2.75, 3.05) is 19.7 Å². The molecule has 2 aromatic carbocycles. The summed E-state index contributed by atoms with van der Waals surface area (Å²) >= 11 is 5.82. The number of ether oxygens (including phenoxy) is 1. The van der Waals surface area contributed by atoms with Crippen molar-refractivity contribution in [3.8, 4) is 11.5 Å². The Morgan fingerprint density at radius 3 is 2.44 bits per heavy atom. The number of nitrogens with one attached hydrogen (secondary N) is 1. The van der Waals surface area contributed by atoms with Crippen molar-refractivity contribution in [2.45, 2.75) is 18.9 Å². The molecule has 2 N–H and O–H groups in total. The number of nitrogens with zero attached hydrogens (tertiary/aromatic N) is 1. The molecule has 0 radical (unpaired) electrons. The normalized spacial score (nSPS) is 14.6. The summed E-state index contributed by atoms with van der Waals surface area (Å²) in [5.74, 6) is 0.166. The minimum absolute atomic E-state index is 0.0293. The molecule has 0 bridgehead atoms. The number of carbonyl (C=O) groups excluding carboxylic acids is 2. The number of halogens is 1. The van der Waals surface area contributed by atoms with Gasteiger partial charge >= 0.3 is 0 Å². The zero-order valence-corrected chi connectivity index (χ0v) is 15.5. The van der Waals surface area contributed by atoms with Gasteiger partial charge in [0.05, 0.1) is 5.56 Å². The number of benzene rings is 2. The number of para-hydroxylation sites is 1. The largest absolute Gasteiger partial charge is 0.507 e. The molecule has 0 aromatic heterocycles. The third-order valence-corrected chi connectivity index (χ3v) is 4.76. The van der Waals surface area contributed by atoms with Crippen LogP contribution in [0.3, 0.4) is 0 Å². The Hall–Kier alpha value is -2.73. The van der Waals surface area contributed by atoms with Crippen molar-refractivity contribution in [1.29, 1.82) is 0 Å². The van der Waals surface area contributed by atoms with Gasteiger partial charge in [0.15, 0.2) is 6.61 Å². The second-order valence-electron chi connectivity index (χ2n) is 6.39. The quantitative estimate of drug-likeness (QED) is 0.825. The van der Waals surface area contributed by atoms with E-state index in [1.807, 2.05) is 0 Å². The van der Waals surface area contributed by atoms with Gasteiger partial charge in [-0.3, -0.25) is 9.59 Å². The van der Waals surface area contributed by atoms with Crippen molar-refractivity contribution < 1.29 is 19.4 Å². The minimum atomic E-state index is -0.302. The molecule has 1 fully saturated rings. The van der Waals surface area contributed by atoms with Gasteiger partial charge in [-0.05, 0) is 49.2 Å². The van der Waals surface area contributed by atoms with Gasteiger partial charge in [0.25, 0.3) is 11.8 Å². The van der Waals surface area contributed by atoms with E-state index in [9.17, 15) is 14.7 Å². The molecule has 1 aliphatic rings. The van der Waals surface area contributed by atoms with Gasteiger partial charge in [-0.15, -0.1) is 0 Å². The van der Waals surface area contributed by atoms with E-state index < -0.39 is 0 Å². The molecule has 27 heavy (non-hydrogen) atoms. The minimum Gasteiger partial charge on any atom is -0.507 e. The summed E-state index contributed by atoms with van der Waals surface area (Å²) in [4.78, 5) is 26.3. The lowest BCUT2D eigenvalue weighted by atomic mass is 10.0. The first-order valence-electron chi connectivity index (χ1n) is 8.78. The van der Waals surface area contributed by atoms with Gasteiger partial charge in [0.1, 0.15) is 11.5 Å². The van der Waals surface area contributed by atoms with E-state index >= 15 is 0 Å². The molecule has 6 nitrogen and oxygen atoms in total. The lowest BCUT2D eigenvalue weighted by Gasteiger charge is -2.32. The number of hydrogen-bond donors (Lipinski definition) is 2. The van der Waals surface area contributed by atoms with Crippen LogP contribution in [0, 0.1) is 0 Å². The molecular weight excluding hydrogens is 368 g/mol. The molecule has 0 saturated carbocycles. The Balaban J connectivity index is 1.44.